The lowest BCUT2D eigenvalue weighted by Crippen LogP contribution is -2.49. The molecule has 2 heterocycles. The predicted molar refractivity (Wildman–Crippen MR) is 73.6 cm³/mol. The second-order valence-electron chi connectivity index (χ2n) is 5.41. The molecule has 1 N–H and O–H groups in total. The minimum atomic E-state index is 0.631. The van der Waals surface area contributed by atoms with Crippen molar-refractivity contribution in [3.8, 4) is 0 Å². The highest BCUT2D eigenvalue weighted by atomic mass is 16.3. The van der Waals surface area contributed by atoms with Crippen LogP contribution in [0.15, 0.2) is 10.5 Å². The highest BCUT2D eigenvalue weighted by Crippen LogP contribution is 2.18. The third-order valence-corrected chi connectivity index (χ3v) is 3.83. The van der Waals surface area contributed by atoms with Gasteiger partial charge in [0.05, 0.1) is 13.1 Å². The molecule has 4 heteroatoms. The zero-order valence-corrected chi connectivity index (χ0v) is 12.0. The standard InChI is InChI=1S/C14H25N3O/c1-11-7-13(18-14(11)8-15-3)10-17-6-5-16(4)12(2)9-17/h7,12,15H,5-6,8-10H2,1-4H3. The van der Waals surface area contributed by atoms with E-state index in [0.29, 0.717) is 6.04 Å². The Hall–Kier alpha value is -0.840. The van der Waals surface area contributed by atoms with E-state index < -0.39 is 0 Å². The SMILES string of the molecule is CNCc1oc(CN2CCN(C)C(C)C2)cc1C. The fourth-order valence-corrected chi connectivity index (χ4v) is 2.49. The van der Waals surface area contributed by atoms with Crippen LogP contribution in [-0.2, 0) is 13.1 Å². The number of furan rings is 1. The Kier molecular flexibility index (Phi) is 4.43. The van der Waals surface area contributed by atoms with E-state index in [1.54, 1.807) is 0 Å². The summed E-state index contributed by atoms with van der Waals surface area (Å²) in [6.45, 7) is 9.54. The van der Waals surface area contributed by atoms with Gasteiger partial charge in [-0.05, 0) is 39.6 Å². The molecule has 4 nitrogen and oxygen atoms in total. The van der Waals surface area contributed by atoms with E-state index in [2.05, 4.69) is 42.1 Å². The lowest BCUT2D eigenvalue weighted by Gasteiger charge is -2.37. The first kappa shape index (κ1) is 13.6. The van der Waals surface area contributed by atoms with Crippen LogP contribution in [0.25, 0.3) is 0 Å². The minimum Gasteiger partial charge on any atom is -0.463 e. The van der Waals surface area contributed by atoms with Crippen LogP contribution < -0.4 is 5.32 Å². The molecule has 1 aliphatic rings. The van der Waals surface area contributed by atoms with Gasteiger partial charge >= 0.3 is 0 Å². The summed E-state index contributed by atoms with van der Waals surface area (Å²) in [6, 6.07) is 2.81. The maximum absolute atomic E-state index is 5.90. The second-order valence-corrected chi connectivity index (χ2v) is 5.41. The van der Waals surface area contributed by atoms with Crippen LogP contribution in [0.1, 0.15) is 24.0 Å². The molecule has 1 aliphatic heterocycles. The molecule has 1 fully saturated rings. The van der Waals surface area contributed by atoms with E-state index in [-0.39, 0.29) is 0 Å². The van der Waals surface area contributed by atoms with Crippen molar-refractivity contribution in [3.63, 3.8) is 0 Å². The fraction of sp³-hybridized carbons (Fsp3) is 0.714. The van der Waals surface area contributed by atoms with Crippen LogP contribution in [0.5, 0.6) is 0 Å². The van der Waals surface area contributed by atoms with E-state index in [1.165, 1.54) is 5.56 Å². The van der Waals surface area contributed by atoms with Gasteiger partial charge in [-0.15, -0.1) is 0 Å². The predicted octanol–water partition coefficient (Wildman–Crippen LogP) is 1.44. The van der Waals surface area contributed by atoms with Gasteiger partial charge in [-0.25, -0.2) is 0 Å². The van der Waals surface area contributed by atoms with Gasteiger partial charge in [0, 0.05) is 25.7 Å². The molecule has 1 unspecified atom stereocenters. The summed E-state index contributed by atoms with van der Waals surface area (Å²) in [5.41, 5.74) is 1.25. The molecule has 0 saturated carbocycles. The zero-order chi connectivity index (χ0) is 13.1. The average molecular weight is 251 g/mol. The number of nitrogens with zero attached hydrogens (tertiary/aromatic N) is 2. The summed E-state index contributed by atoms with van der Waals surface area (Å²) in [5, 5.41) is 3.14. The fourth-order valence-electron chi connectivity index (χ4n) is 2.49. The molecular formula is C14H25N3O. The van der Waals surface area contributed by atoms with Crippen molar-refractivity contribution in [1.82, 2.24) is 15.1 Å². The number of nitrogens with one attached hydrogen (secondary N) is 1. The Balaban J connectivity index is 1.95. The van der Waals surface area contributed by atoms with Crippen LogP contribution in [0, 0.1) is 6.92 Å². The molecule has 1 aromatic heterocycles. The molecule has 1 atom stereocenters. The van der Waals surface area contributed by atoms with E-state index in [4.69, 9.17) is 4.42 Å². The van der Waals surface area contributed by atoms with Crippen LogP contribution in [0.3, 0.4) is 0 Å². The Morgan fingerprint density at radius 2 is 2.22 bits per heavy atom. The highest BCUT2D eigenvalue weighted by molar-refractivity contribution is 5.20. The molecule has 1 aromatic rings. The number of aryl methyl sites for hydroxylation is 1. The van der Waals surface area contributed by atoms with Crippen molar-refractivity contribution in [3.05, 3.63) is 23.2 Å². The maximum Gasteiger partial charge on any atom is 0.120 e. The van der Waals surface area contributed by atoms with Gasteiger partial charge in [-0.1, -0.05) is 0 Å². The van der Waals surface area contributed by atoms with Crippen LogP contribution >= 0.6 is 0 Å². The first-order valence-corrected chi connectivity index (χ1v) is 6.75. The smallest absolute Gasteiger partial charge is 0.120 e. The quantitative estimate of drug-likeness (QED) is 0.877. The topological polar surface area (TPSA) is 31.7 Å². The number of hydrogen-bond acceptors (Lipinski definition) is 4. The molecule has 2 rings (SSSR count). The van der Waals surface area contributed by atoms with Gasteiger partial charge in [-0.2, -0.15) is 0 Å². The summed E-state index contributed by atoms with van der Waals surface area (Å²) in [7, 11) is 4.15. The maximum atomic E-state index is 5.90. The minimum absolute atomic E-state index is 0.631. The lowest BCUT2D eigenvalue weighted by molar-refractivity contribution is 0.0943. The molecular weight excluding hydrogens is 226 g/mol. The summed E-state index contributed by atoms with van der Waals surface area (Å²) in [6.07, 6.45) is 0. The average Bonchev–Trinajstić information content (AvgIpc) is 2.65. The number of rotatable bonds is 4. The first-order chi connectivity index (χ1) is 8.60. The first-order valence-electron chi connectivity index (χ1n) is 6.75. The normalized spacial score (nSPS) is 22.6. The summed E-state index contributed by atoms with van der Waals surface area (Å²) < 4.78 is 5.90. The van der Waals surface area contributed by atoms with Crippen LogP contribution in [0.2, 0.25) is 0 Å². The van der Waals surface area contributed by atoms with Gasteiger partial charge in [0.1, 0.15) is 11.5 Å². The van der Waals surface area contributed by atoms with Gasteiger partial charge in [-0.3, -0.25) is 4.90 Å². The molecule has 0 bridgehead atoms. The largest absolute Gasteiger partial charge is 0.463 e. The van der Waals surface area contributed by atoms with Crippen molar-refractivity contribution in [2.24, 2.45) is 0 Å². The van der Waals surface area contributed by atoms with Gasteiger partial charge < -0.3 is 14.6 Å². The van der Waals surface area contributed by atoms with Gasteiger partial charge in [0.15, 0.2) is 0 Å². The zero-order valence-electron chi connectivity index (χ0n) is 12.0. The van der Waals surface area contributed by atoms with Crippen molar-refractivity contribution in [1.29, 1.82) is 0 Å². The van der Waals surface area contributed by atoms with E-state index in [0.717, 1.165) is 44.2 Å². The molecule has 102 valence electrons. The third kappa shape index (κ3) is 3.13. The second kappa shape index (κ2) is 5.87. The molecule has 0 aromatic carbocycles. The summed E-state index contributed by atoms with van der Waals surface area (Å²) in [5.74, 6) is 2.16. The number of likely N-dealkylation sites (N-methyl/N-ethyl adjacent to an activating group) is 1. The lowest BCUT2D eigenvalue weighted by atomic mass is 10.2. The van der Waals surface area contributed by atoms with Gasteiger partial charge in [0.2, 0.25) is 0 Å². The van der Waals surface area contributed by atoms with E-state index in [1.807, 2.05) is 7.05 Å². The van der Waals surface area contributed by atoms with Gasteiger partial charge in [0.25, 0.3) is 0 Å². The molecule has 0 spiro atoms. The Labute approximate surface area is 110 Å². The van der Waals surface area contributed by atoms with Crippen LogP contribution in [0.4, 0.5) is 0 Å². The molecule has 0 radical (unpaired) electrons. The Morgan fingerprint density at radius 1 is 1.44 bits per heavy atom. The monoisotopic (exact) mass is 251 g/mol. The molecule has 0 amide bonds. The summed E-state index contributed by atoms with van der Waals surface area (Å²) in [4.78, 5) is 4.89. The van der Waals surface area contributed by atoms with Crippen molar-refractivity contribution in [2.75, 3.05) is 33.7 Å². The Morgan fingerprint density at radius 3 is 2.89 bits per heavy atom. The van der Waals surface area contributed by atoms with Crippen molar-refractivity contribution >= 4 is 0 Å². The van der Waals surface area contributed by atoms with Crippen molar-refractivity contribution in [2.45, 2.75) is 33.0 Å². The molecule has 1 saturated heterocycles. The van der Waals surface area contributed by atoms with Crippen LogP contribution in [-0.4, -0.2) is 49.6 Å². The van der Waals surface area contributed by atoms with E-state index >= 15 is 0 Å². The number of hydrogen-bond donors (Lipinski definition) is 1. The third-order valence-electron chi connectivity index (χ3n) is 3.83. The van der Waals surface area contributed by atoms with E-state index in [9.17, 15) is 0 Å². The number of piperazine rings is 1. The molecule has 0 aliphatic carbocycles. The summed E-state index contributed by atoms with van der Waals surface area (Å²) >= 11 is 0. The highest BCUT2D eigenvalue weighted by Gasteiger charge is 2.21. The van der Waals surface area contributed by atoms with Crippen molar-refractivity contribution < 1.29 is 4.42 Å². The molecule has 18 heavy (non-hydrogen) atoms. The Bertz CT molecular complexity index is 388.